The van der Waals surface area contributed by atoms with E-state index in [2.05, 4.69) is 34.4 Å². The van der Waals surface area contributed by atoms with Crippen molar-refractivity contribution in [2.75, 3.05) is 26.7 Å². The van der Waals surface area contributed by atoms with E-state index >= 15 is 0 Å². The molecule has 0 radical (unpaired) electrons. The second kappa shape index (κ2) is 8.12. The Morgan fingerprint density at radius 1 is 1.29 bits per heavy atom. The number of aryl methyl sites for hydroxylation is 1. The first-order valence-electron chi connectivity index (χ1n) is 7.18. The topological polar surface area (TPSA) is 51.4 Å². The normalized spacial score (nSPS) is 11.0. The Kier molecular flexibility index (Phi) is 6.17. The fourth-order valence-corrected chi connectivity index (χ4v) is 2.68. The maximum atomic E-state index is 5.76. The van der Waals surface area contributed by atoms with Crippen molar-refractivity contribution in [2.45, 2.75) is 19.9 Å². The monoisotopic (exact) mass is 305 g/mol. The Morgan fingerprint density at radius 3 is 2.67 bits per heavy atom. The smallest absolute Gasteiger partial charge is 0.119 e. The third kappa shape index (κ3) is 5.46. The van der Waals surface area contributed by atoms with Gasteiger partial charge in [0.15, 0.2) is 0 Å². The summed E-state index contributed by atoms with van der Waals surface area (Å²) >= 11 is 1.69. The van der Waals surface area contributed by atoms with E-state index in [1.54, 1.807) is 11.3 Å². The maximum absolute atomic E-state index is 5.76. The number of hydrogen-bond donors (Lipinski definition) is 1. The van der Waals surface area contributed by atoms with E-state index in [9.17, 15) is 0 Å². The van der Waals surface area contributed by atoms with E-state index in [1.807, 2.05) is 19.1 Å². The largest absolute Gasteiger partial charge is 0.492 e. The summed E-state index contributed by atoms with van der Waals surface area (Å²) in [6, 6.07) is 8.16. The molecule has 2 aromatic rings. The lowest BCUT2D eigenvalue weighted by atomic mass is 10.1. The lowest BCUT2D eigenvalue weighted by molar-refractivity contribution is 0.231. The van der Waals surface area contributed by atoms with E-state index in [0.29, 0.717) is 13.2 Å². The van der Waals surface area contributed by atoms with Crippen molar-refractivity contribution in [3.05, 3.63) is 45.9 Å². The number of nitrogens with zero attached hydrogens (tertiary/aromatic N) is 2. The van der Waals surface area contributed by atoms with Crippen LogP contribution in [0.2, 0.25) is 0 Å². The molecule has 21 heavy (non-hydrogen) atoms. The van der Waals surface area contributed by atoms with E-state index < -0.39 is 0 Å². The van der Waals surface area contributed by atoms with Crippen molar-refractivity contribution >= 4 is 11.3 Å². The zero-order chi connectivity index (χ0) is 15.1. The minimum atomic E-state index is 0.676. The molecule has 114 valence electrons. The summed E-state index contributed by atoms with van der Waals surface area (Å²) in [6.07, 6.45) is 0.913. The van der Waals surface area contributed by atoms with Gasteiger partial charge in [-0.25, -0.2) is 4.98 Å². The van der Waals surface area contributed by atoms with Crippen LogP contribution in [0, 0.1) is 6.92 Å². The fourth-order valence-electron chi connectivity index (χ4n) is 2.07. The second-order valence-corrected chi connectivity index (χ2v) is 6.19. The van der Waals surface area contributed by atoms with Gasteiger partial charge in [0.1, 0.15) is 12.4 Å². The highest BCUT2D eigenvalue weighted by Crippen LogP contribution is 2.13. The van der Waals surface area contributed by atoms with Crippen LogP contribution >= 0.6 is 11.3 Å². The third-order valence-electron chi connectivity index (χ3n) is 3.20. The Labute approximate surface area is 130 Å². The summed E-state index contributed by atoms with van der Waals surface area (Å²) in [6.45, 7) is 5.13. The average Bonchev–Trinajstić information content (AvgIpc) is 2.86. The molecular weight excluding hydrogens is 282 g/mol. The standard InChI is InChI=1S/C16H23N3OS/c1-13-18-15(12-21-13)11-19(2)9-10-20-16-5-3-14(4-6-16)7-8-17/h3-6,12H,7-11,17H2,1-2H3. The summed E-state index contributed by atoms with van der Waals surface area (Å²) in [4.78, 5) is 6.69. The lowest BCUT2D eigenvalue weighted by Crippen LogP contribution is -2.24. The zero-order valence-electron chi connectivity index (χ0n) is 12.7. The van der Waals surface area contributed by atoms with Crippen molar-refractivity contribution < 1.29 is 4.74 Å². The highest BCUT2D eigenvalue weighted by molar-refractivity contribution is 7.09. The van der Waals surface area contributed by atoms with Gasteiger partial charge in [0.05, 0.1) is 10.7 Å². The molecule has 0 aliphatic heterocycles. The summed E-state index contributed by atoms with van der Waals surface area (Å²) in [5, 5.41) is 3.23. The first-order valence-corrected chi connectivity index (χ1v) is 8.06. The van der Waals surface area contributed by atoms with Gasteiger partial charge in [-0.05, 0) is 44.6 Å². The molecule has 2 rings (SSSR count). The first kappa shape index (κ1) is 15.9. The SMILES string of the molecule is Cc1nc(CN(C)CCOc2ccc(CCN)cc2)cs1. The molecule has 1 heterocycles. The Morgan fingerprint density at radius 2 is 2.05 bits per heavy atom. The molecule has 0 aliphatic carbocycles. The van der Waals surface area contributed by atoms with Gasteiger partial charge in [0.25, 0.3) is 0 Å². The Bertz CT molecular complexity index is 539. The molecule has 1 aromatic carbocycles. The molecule has 0 bridgehead atoms. The predicted molar refractivity (Wildman–Crippen MR) is 87.9 cm³/mol. The van der Waals surface area contributed by atoms with Gasteiger partial charge in [-0.15, -0.1) is 11.3 Å². The molecule has 4 nitrogen and oxygen atoms in total. The number of likely N-dealkylation sites (N-methyl/N-ethyl adjacent to an activating group) is 1. The molecule has 0 unspecified atom stereocenters. The molecule has 5 heteroatoms. The fraction of sp³-hybridized carbons (Fsp3) is 0.438. The summed E-state index contributed by atoms with van der Waals surface area (Å²) in [5.74, 6) is 0.911. The van der Waals surface area contributed by atoms with Crippen LogP contribution < -0.4 is 10.5 Å². The zero-order valence-corrected chi connectivity index (χ0v) is 13.5. The van der Waals surface area contributed by atoms with Crippen LogP contribution in [-0.2, 0) is 13.0 Å². The van der Waals surface area contributed by atoms with Gasteiger partial charge >= 0.3 is 0 Å². The van der Waals surface area contributed by atoms with Gasteiger partial charge in [0.2, 0.25) is 0 Å². The number of nitrogens with two attached hydrogens (primary N) is 1. The highest BCUT2D eigenvalue weighted by atomic mass is 32.1. The predicted octanol–water partition coefficient (Wildman–Crippen LogP) is 2.46. The van der Waals surface area contributed by atoms with Crippen molar-refractivity contribution in [3.63, 3.8) is 0 Å². The van der Waals surface area contributed by atoms with Crippen LogP contribution in [-0.4, -0.2) is 36.6 Å². The van der Waals surface area contributed by atoms with Crippen molar-refractivity contribution in [3.8, 4) is 5.75 Å². The van der Waals surface area contributed by atoms with E-state index in [4.69, 9.17) is 10.5 Å². The molecule has 0 saturated carbocycles. The molecule has 0 fully saturated rings. The summed E-state index contributed by atoms with van der Waals surface area (Å²) in [7, 11) is 2.09. The number of hydrogen-bond acceptors (Lipinski definition) is 5. The highest BCUT2D eigenvalue weighted by Gasteiger charge is 2.04. The quantitative estimate of drug-likeness (QED) is 0.814. The van der Waals surface area contributed by atoms with Crippen LogP contribution in [0.3, 0.4) is 0 Å². The van der Waals surface area contributed by atoms with Crippen LogP contribution in [0.4, 0.5) is 0 Å². The molecule has 0 aliphatic rings. The molecule has 1 aromatic heterocycles. The number of benzene rings is 1. The minimum Gasteiger partial charge on any atom is -0.492 e. The van der Waals surface area contributed by atoms with Gasteiger partial charge in [0, 0.05) is 18.5 Å². The summed E-state index contributed by atoms with van der Waals surface area (Å²) < 4.78 is 5.76. The maximum Gasteiger partial charge on any atom is 0.119 e. The molecule has 2 N–H and O–H groups in total. The number of thiazole rings is 1. The Balaban J connectivity index is 1.70. The average molecular weight is 305 g/mol. The number of rotatable bonds is 8. The molecule has 0 spiro atoms. The molecule has 0 atom stereocenters. The molecule has 0 saturated heterocycles. The van der Waals surface area contributed by atoms with E-state index in [1.165, 1.54) is 5.56 Å². The van der Waals surface area contributed by atoms with Gasteiger partial charge in [-0.3, -0.25) is 4.90 Å². The minimum absolute atomic E-state index is 0.676. The van der Waals surface area contributed by atoms with E-state index in [0.717, 1.165) is 36.0 Å². The van der Waals surface area contributed by atoms with E-state index in [-0.39, 0.29) is 0 Å². The lowest BCUT2D eigenvalue weighted by Gasteiger charge is -2.15. The Hall–Kier alpha value is -1.43. The number of aromatic nitrogens is 1. The van der Waals surface area contributed by atoms with Gasteiger partial charge < -0.3 is 10.5 Å². The van der Waals surface area contributed by atoms with Crippen LogP contribution in [0.15, 0.2) is 29.6 Å². The van der Waals surface area contributed by atoms with Crippen molar-refractivity contribution in [1.29, 1.82) is 0 Å². The van der Waals surface area contributed by atoms with Gasteiger partial charge in [-0.2, -0.15) is 0 Å². The first-order chi connectivity index (χ1) is 10.2. The number of ether oxygens (including phenoxy) is 1. The second-order valence-electron chi connectivity index (χ2n) is 5.13. The van der Waals surface area contributed by atoms with Crippen LogP contribution in [0.1, 0.15) is 16.3 Å². The van der Waals surface area contributed by atoms with Crippen molar-refractivity contribution in [1.82, 2.24) is 9.88 Å². The molecular formula is C16H23N3OS. The van der Waals surface area contributed by atoms with Crippen LogP contribution in [0.5, 0.6) is 5.75 Å². The van der Waals surface area contributed by atoms with Crippen LogP contribution in [0.25, 0.3) is 0 Å². The summed E-state index contributed by atoms with van der Waals surface area (Å²) in [5.41, 5.74) is 7.92. The third-order valence-corrected chi connectivity index (χ3v) is 4.02. The molecule has 0 amide bonds. The van der Waals surface area contributed by atoms with Gasteiger partial charge in [-0.1, -0.05) is 12.1 Å². The van der Waals surface area contributed by atoms with Crippen molar-refractivity contribution in [2.24, 2.45) is 5.73 Å².